The lowest BCUT2D eigenvalue weighted by atomic mass is 9.45. The number of carbonyl (C=O) groups is 2. The van der Waals surface area contributed by atoms with E-state index < -0.39 is 6.10 Å². The predicted molar refractivity (Wildman–Crippen MR) is 103 cm³/mol. The molecule has 148 valence electrons. The van der Waals surface area contributed by atoms with Gasteiger partial charge < -0.3 is 9.84 Å². The third kappa shape index (κ3) is 2.63. The van der Waals surface area contributed by atoms with E-state index in [0.29, 0.717) is 24.2 Å². The van der Waals surface area contributed by atoms with Crippen LogP contribution in [0, 0.1) is 40.4 Å². The van der Waals surface area contributed by atoms with Gasteiger partial charge in [-0.1, -0.05) is 32.4 Å². The summed E-state index contributed by atoms with van der Waals surface area (Å²) in [5, 5.41) is 11.3. The SMILES string of the molecule is COCC(=O)C1CCC2C3C[C@H](C)C4=CC(=O)C=CC4(C)[C@H]3C(O)CC12C. The van der Waals surface area contributed by atoms with Gasteiger partial charge in [0.25, 0.3) is 0 Å². The van der Waals surface area contributed by atoms with Crippen LogP contribution in [0.1, 0.15) is 46.5 Å². The van der Waals surface area contributed by atoms with E-state index in [1.54, 1.807) is 19.3 Å². The summed E-state index contributed by atoms with van der Waals surface area (Å²) in [5.74, 6) is 1.52. The average molecular weight is 373 g/mol. The average Bonchev–Trinajstić information content (AvgIpc) is 2.93. The number of allylic oxidation sites excluding steroid dienone is 4. The summed E-state index contributed by atoms with van der Waals surface area (Å²) in [7, 11) is 1.58. The molecule has 0 aromatic heterocycles. The van der Waals surface area contributed by atoms with E-state index in [0.717, 1.165) is 19.3 Å². The number of hydrogen-bond acceptors (Lipinski definition) is 4. The summed E-state index contributed by atoms with van der Waals surface area (Å²) in [4.78, 5) is 24.7. The van der Waals surface area contributed by atoms with Crippen LogP contribution in [0.3, 0.4) is 0 Å². The zero-order chi connectivity index (χ0) is 19.6. The molecule has 4 rings (SSSR count). The van der Waals surface area contributed by atoms with E-state index in [1.165, 1.54) is 5.57 Å². The first-order valence-electron chi connectivity index (χ1n) is 10.4. The molecule has 4 aliphatic carbocycles. The van der Waals surface area contributed by atoms with Crippen molar-refractivity contribution < 1.29 is 19.4 Å². The second kappa shape index (κ2) is 6.38. The number of methoxy groups -OCH3 is 1. The maximum atomic E-state index is 12.7. The van der Waals surface area contributed by atoms with Gasteiger partial charge in [-0.3, -0.25) is 9.59 Å². The Kier molecular flexibility index (Phi) is 4.51. The predicted octanol–water partition coefficient (Wildman–Crippen LogP) is 3.34. The first kappa shape index (κ1) is 19.1. The van der Waals surface area contributed by atoms with Gasteiger partial charge in [-0.25, -0.2) is 0 Å². The van der Waals surface area contributed by atoms with Gasteiger partial charge in [-0.05, 0) is 61.0 Å². The Balaban J connectivity index is 1.71. The first-order chi connectivity index (χ1) is 12.7. The van der Waals surface area contributed by atoms with Gasteiger partial charge in [-0.2, -0.15) is 0 Å². The molecular formula is C23H32O4. The van der Waals surface area contributed by atoms with Gasteiger partial charge in [0, 0.05) is 24.4 Å². The fraction of sp³-hybridized carbons (Fsp3) is 0.739. The van der Waals surface area contributed by atoms with Gasteiger partial charge in [0.1, 0.15) is 6.61 Å². The number of carbonyl (C=O) groups excluding carboxylic acids is 2. The molecule has 0 saturated heterocycles. The summed E-state index contributed by atoms with van der Waals surface area (Å²) < 4.78 is 5.13. The van der Waals surface area contributed by atoms with Crippen LogP contribution in [0.25, 0.3) is 0 Å². The van der Waals surface area contributed by atoms with Gasteiger partial charge in [-0.15, -0.1) is 0 Å². The number of rotatable bonds is 3. The minimum Gasteiger partial charge on any atom is -0.393 e. The highest BCUT2D eigenvalue weighted by atomic mass is 16.5. The van der Waals surface area contributed by atoms with Crippen LogP contribution in [-0.2, 0) is 14.3 Å². The summed E-state index contributed by atoms with van der Waals surface area (Å²) >= 11 is 0. The van der Waals surface area contributed by atoms with Crippen molar-refractivity contribution >= 4 is 11.6 Å². The minimum absolute atomic E-state index is 0.0124. The molecule has 0 bridgehead atoms. The molecule has 4 heteroatoms. The Morgan fingerprint density at radius 2 is 2.07 bits per heavy atom. The number of ketones is 2. The second-order valence-corrected chi connectivity index (χ2v) is 9.86. The van der Waals surface area contributed by atoms with Gasteiger partial charge in [0.2, 0.25) is 0 Å². The molecule has 0 aromatic rings. The molecule has 1 N–H and O–H groups in total. The van der Waals surface area contributed by atoms with E-state index in [9.17, 15) is 14.7 Å². The molecule has 8 atom stereocenters. The number of aliphatic hydroxyl groups excluding tert-OH is 1. The topological polar surface area (TPSA) is 63.6 Å². The lowest BCUT2D eigenvalue weighted by Crippen LogP contribution is -2.57. The van der Waals surface area contributed by atoms with Crippen molar-refractivity contribution in [1.29, 1.82) is 0 Å². The first-order valence-corrected chi connectivity index (χ1v) is 10.4. The third-order valence-electron chi connectivity index (χ3n) is 8.49. The van der Waals surface area contributed by atoms with E-state index in [1.807, 2.05) is 6.08 Å². The molecular weight excluding hydrogens is 340 g/mol. The van der Waals surface area contributed by atoms with Crippen LogP contribution < -0.4 is 0 Å². The summed E-state index contributed by atoms with van der Waals surface area (Å²) in [6, 6.07) is 0. The molecule has 6 unspecified atom stereocenters. The van der Waals surface area contributed by atoms with Crippen LogP contribution in [-0.4, -0.2) is 36.5 Å². The van der Waals surface area contributed by atoms with Crippen molar-refractivity contribution in [2.75, 3.05) is 13.7 Å². The number of aliphatic hydroxyl groups is 1. The molecule has 0 amide bonds. The molecule has 4 nitrogen and oxygen atoms in total. The quantitative estimate of drug-likeness (QED) is 0.825. The molecule has 0 spiro atoms. The van der Waals surface area contributed by atoms with Crippen molar-refractivity contribution in [2.24, 2.45) is 40.4 Å². The Morgan fingerprint density at radius 3 is 2.78 bits per heavy atom. The van der Waals surface area contributed by atoms with E-state index in [-0.39, 0.29) is 40.8 Å². The summed E-state index contributed by atoms with van der Waals surface area (Å²) in [6.07, 6.45) is 8.70. The molecule has 0 aliphatic heterocycles. The number of ether oxygens (including phenoxy) is 1. The second-order valence-electron chi connectivity index (χ2n) is 9.86. The zero-order valence-corrected chi connectivity index (χ0v) is 16.9. The van der Waals surface area contributed by atoms with Crippen molar-refractivity contribution in [2.45, 2.75) is 52.6 Å². The van der Waals surface area contributed by atoms with Gasteiger partial charge in [0.05, 0.1) is 6.10 Å². The number of fused-ring (bicyclic) bond motifs is 5. The fourth-order valence-electron chi connectivity index (χ4n) is 7.52. The van der Waals surface area contributed by atoms with Crippen molar-refractivity contribution in [1.82, 2.24) is 0 Å². The van der Waals surface area contributed by atoms with Crippen LogP contribution in [0.2, 0.25) is 0 Å². The summed E-state index contributed by atoms with van der Waals surface area (Å²) in [5.41, 5.74) is 0.775. The van der Waals surface area contributed by atoms with E-state index >= 15 is 0 Å². The minimum atomic E-state index is -0.453. The van der Waals surface area contributed by atoms with Crippen molar-refractivity contribution in [3.8, 4) is 0 Å². The fourth-order valence-corrected chi connectivity index (χ4v) is 7.52. The zero-order valence-electron chi connectivity index (χ0n) is 16.9. The monoisotopic (exact) mass is 372 g/mol. The largest absolute Gasteiger partial charge is 0.393 e. The highest BCUT2D eigenvalue weighted by molar-refractivity contribution is 6.01. The number of hydrogen-bond donors (Lipinski definition) is 1. The van der Waals surface area contributed by atoms with Crippen molar-refractivity contribution in [3.63, 3.8) is 0 Å². The van der Waals surface area contributed by atoms with E-state index in [4.69, 9.17) is 4.74 Å². The highest BCUT2D eigenvalue weighted by Crippen LogP contribution is 2.66. The molecule has 0 aromatic carbocycles. The smallest absolute Gasteiger partial charge is 0.178 e. The lowest BCUT2D eigenvalue weighted by molar-refractivity contribution is -0.143. The van der Waals surface area contributed by atoms with Crippen LogP contribution in [0.5, 0.6) is 0 Å². The Labute approximate surface area is 162 Å². The molecule has 0 heterocycles. The van der Waals surface area contributed by atoms with Crippen LogP contribution in [0.15, 0.2) is 23.8 Å². The standard InChI is InChI=1S/C23H32O4/c1-13-9-15-16-5-6-17(20(26)12-27-4)23(16,3)11-19(25)21(15)22(2)8-7-14(24)10-18(13)22/h7-8,10,13,15-17,19,21,25H,5-6,9,11-12H2,1-4H3/t13-,15?,16?,17?,19?,21+,22?,23?/m0/s1. The Hall–Kier alpha value is -1.26. The molecule has 3 fully saturated rings. The maximum Gasteiger partial charge on any atom is 0.178 e. The molecule has 3 saturated carbocycles. The van der Waals surface area contributed by atoms with Crippen LogP contribution in [0.4, 0.5) is 0 Å². The lowest BCUT2D eigenvalue weighted by Gasteiger charge is -2.60. The van der Waals surface area contributed by atoms with Gasteiger partial charge in [0.15, 0.2) is 11.6 Å². The maximum absolute atomic E-state index is 12.7. The molecule has 0 radical (unpaired) electrons. The normalized spacial score (nSPS) is 48.5. The van der Waals surface area contributed by atoms with Gasteiger partial charge >= 0.3 is 0 Å². The highest BCUT2D eigenvalue weighted by Gasteiger charge is 2.63. The Bertz CT molecular complexity index is 722. The Morgan fingerprint density at radius 1 is 1.33 bits per heavy atom. The number of Topliss-reactive ketones (excluding diaryl/α,β-unsaturated/α-hetero) is 1. The third-order valence-corrected chi connectivity index (χ3v) is 8.49. The summed E-state index contributed by atoms with van der Waals surface area (Å²) in [6.45, 7) is 6.81. The molecule has 4 aliphatic rings. The van der Waals surface area contributed by atoms with E-state index in [2.05, 4.69) is 20.8 Å². The molecule has 27 heavy (non-hydrogen) atoms. The van der Waals surface area contributed by atoms with Crippen molar-refractivity contribution in [3.05, 3.63) is 23.8 Å². The van der Waals surface area contributed by atoms with Crippen LogP contribution >= 0.6 is 0 Å².